The normalized spacial score (nSPS) is 12.0. The molecule has 0 spiro atoms. The predicted molar refractivity (Wildman–Crippen MR) is 70.5 cm³/mol. The quantitative estimate of drug-likeness (QED) is 0.534. The molecule has 18 heavy (non-hydrogen) atoms. The van der Waals surface area contributed by atoms with Gasteiger partial charge in [-0.15, -0.1) is 0 Å². The van der Waals surface area contributed by atoms with Gasteiger partial charge in [0, 0.05) is 26.0 Å². The van der Waals surface area contributed by atoms with Crippen molar-refractivity contribution in [2.45, 2.75) is 19.4 Å². The first-order valence-electron chi connectivity index (χ1n) is 5.50. The number of methoxy groups -OCH3 is 1. The fourth-order valence-corrected chi connectivity index (χ4v) is 1.56. The minimum absolute atomic E-state index is 0.0172. The van der Waals surface area contributed by atoms with Gasteiger partial charge in [0.15, 0.2) is 5.82 Å². The van der Waals surface area contributed by atoms with Crippen molar-refractivity contribution in [3.63, 3.8) is 0 Å². The molecule has 0 saturated heterocycles. The number of nitrogens with one attached hydrogen (secondary N) is 2. The smallest absolute Gasteiger partial charge is 0.253 e. The number of ether oxygens (including phenoxy) is 1. The van der Waals surface area contributed by atoms with Gasteiger partial charge in [-0.3, -0.25) is 4.79 Å². The molecular weight excluding hydrogens is 256 g/mol. The standard InChI is InChI=1S/C11H17ClN4O2/c1-7(3-4-18-2)15-11(17)8-5-9(12)10(16-13)14-6-8/h5-7H,3-4,13H2,1-2H3,(H,14,16)(H,15,17). The first-order chi connectivity index (χ1) is 8.58. The van der Waals surface area contributed by atoms with E-state index in [0.717, 1.165) is 6.42 Å². The lowest BCUT2D eigenvalue weighted by Crippen LogP contribution is -2.33. The molecule has 100 valence electrons. The molecule has 7 heteroatoms. The van der Waals surface area contributed by atoms with Crippen molar-refractivity contribution >= 4 is 23.3 Å². The summed E-state index contributed by atoms with van der Waals surface area (Å²) >= 11 is 5.89. The lowest BCUT2D eigenvalue weighted by molar-refractivity contribution is 0.0929. The minimum Gasteiger partial charge on any atom is -0.385 e. The number of halogens is 1. The summed E-state index contributed by atoms with van der Waals surface area (Å²) in [5.41, 5.74) is 2.73. The number of carbonyl (C=O) groups excluding carboxylic acids is 1. The third kappa shape index (κ3) is 4.14. The summed E-state index contributed by atoms with van der Waals surface area (Å²) < 4.78 is 4.94. The van der Waals surface area contributed by atoms with Crippen LogP contribution in [-0.4, -0.2) is 30.6 Å². The summed E-state index contributed by atoms with van der Waals surface area (Å²) in [6.45, 7) is 2.50. The van der Waals surface area contributed by atoms with E-state index in [4.69, 9.17) is 22.2 Å². The number of rotatable bonds is 6. The maximum Gasteiger partial charge on any atom is 0.253 e. The van der Waals surface area contributed by atoms with E-state index in [1.54, 1.807) is 7.11 Å². The van der Waals surface area contributed by atoms with Crippen LogP contribution in [0.15, 0.2) is 12.3 Å². The van der Waals surface area contributed by atoms with Crippen LogP contribution >= 0.6 is 11.6 Å². The van der Waals surface area contributed by atoms with E-state index >= 15 is 0 Å². The second-order valence-corrected chi connectivity index (χ2v) is 4.26. The van der Waals surface area contributed by atoms with Crippen LogP contribution in [0.5, 0.6) is 0 Å². The largest absolute Gasteiger partial charge is 0.385 e. The molecule has 0 aliphatic heterocycles. The van der Waals surface area contributed by atoms with Crippen molar-refractivity contribution in [3.8, 4) is 0 Å². The number of nitrogens with zero attached hydrogens (tertiary/aromatic N) is 1. The zero-order valence-corrected chi connectivity index (χ0v) is 11.1. The Morgan fingerprint density at radius 1 is 1.67 bits per heavy atom. The molecule has 1 amide bonds. The van der Waals surface area contributed by atoms with Crippen molar-refractivity contribution < 1.29 is 9.53 Å². The summed E-state index contributed by atoms with van der Waals surface area (Å²) in [6.07, 6.45) is 2.16. The molecule has 0 aliphatic rings. The first kappa shape index (κ1) is 14.7. The number of anilines is 1. The van der Waals surface area contributed by atoms with E-state index in [9.17, 15) is 4.79 Å². The number of nitrogen functional groups attached to an aromatic ring is 1. The van der Waals surface area contributed by atoms with E-state index < -0.39 is 0 Å². The Labute approximate surface area is 111 Å². The maximum absolute atomic E-state index is 11.9. The number of pyridine rings is 1. The van der Waals surface area contributed by atoms with Crippen molar-refractivity contribution in [1.82, 2.24) is 10.3 Å². The number of carbonyl (C=O) groups is 1. The molecule has 1 unspecified atom stereocenters. The Hall–Kier alpha value is -1.37. The van der Waals surface area contributed by atoms with Crippen LogP contribution in [0.4, 0.5) is 5.82 Å². The fraction of sp³-hybridized carbons (Fsp3) is 0.455. The molecule has 0 fully saturated rings. The monoisotopic (exact) mass is 272 g/mol. The summed E-state index contributed by atoms with van der Waals surface area (Å²) in [5, 5.41) is 3.13. The van der Waals surface area contributed by atoms with Crippen LogP contribution in [0.25, 0.3) is 0 Å². The maximum atomic E-state index is 11.9. The Balaban J connectivity index is 2.64. The topological polar surface area (TPSA) is 89.3 Å². The van der Waals surface area contributed by atoms with E-state index in [2.05, 4.69) is 15.7 Å². The fourth-order valence-electron chi connectivity index (χ4n) is 1.34. The molecule has 1 rings (SSSR count). The molecule has 0 radical (unpaired) electrons. The molecule has 0 aromatic carbocycles. The van der Waals surface area contributed by atoms with E-state index in [-0.39, 0.29) is 11.9 Å². The van der Waals surface area contributed by atoms with Gasteiger partial charge in [-0.05, 0) is 19.4 Å². The van der Waals surface area contributed by atoms with Crippen molar-refractivity contribution in [2.75, 3.05) is 19.1 Å². The van der Waals surface area contributed by atoms with E-state index in [1.807, 2.05) is 6.92 Å². The van der Waals surface area contributed by atoms with Gasteiger partial charge in [0.1, 0.15) is 0 Å². The molecule has 1 heterocycles. The zero-order valence-electron chi connectivity index (χ0n) is 10.4. The average molecular weight is 273 g/mol. The highest BCUT2D eigenvalue weighted by Gasteiger charge is 2.12. The van der Waals surface area contributed by atoms with Crippen molar-refractivity contribution in [2.24, 2.45) is 5.84 Å². The molecule has 1 aromatic rings. The number of hydrogen-bond donors (Lipinski definition) is 3. The van der Waals surface area contributed by atoms with Crippen LogP contribution in [-0.2, 0) is 4.74 Å². The number of nitrogens with two attached hydrogens (primary N) is 1. The Bertz CT molecular complexity index is 414. The van der Waals surface area contributed by atoms with Crippen LogP contribution in [0.1, 0.15) is 23.7 Å². The van der Waals surface area contributed by atoms with Gasteiger partial charge in [0.2, 0.25) is 0 Å². The summed E-state index contributed by atoms with van der Waals surface area (Å²) in [5.74, 6) is 5.31. The molecule has 6 nitrogen and oxygen atoms in total. The molecule has 4 N–H and O–H groups in total. The second-order valence-electron chi connectivity index (χ2n) is 3.85. The molecule has 0 bridgehead atoms. The van der Waals surface area contributed by atoms with Gasteiger partial charge in [-0.25, -0.2) is 10.8 Å². The van der Waals surface area contributed by atoms with Crippen LogP contribution < -0.4 is 16.6 Å². The molecule has 1 atom stereocenters. The highest BCUT2D eigenvalue weighted by molar-refractivity contribution is 6.33. The zero-order chi connectivity index (χ0) is 13.5. The SMILES string of the molecule is COCCC(C)NC(=O)c1cnc(NN)c(Cl)c1. The van der Waals surface area contributed by atoms with E-state index in [1.165, 1.54) is 12.3 Å². The van der Waals surface area contributed by atoms with Gasteiger partial charge >= 0.3 is 0 Å². The summed E-state index contributed by atoms with van der Waals surface area (Å²) in [7, 11) is 1.62. The highest BCUT2D eigenvalue weighted by atomic mass is 35.5. The van der Waals surface area contributed by atoms with Gasteiger partial charge < -0.3 is 15.5 Å². The van der Waals surface area contributed by atoms with Gasteiger partial charge in [-0.1, -0.05) is 11.6 Å². The number of hydrazine groups is 1. The lowest BCUT2D eigenvalue weighted by Gasteiger charge is -2.13. The number of amides is 1. The molecular formula is C11H17ClN4O2. The average Bonchev–Trinajstić information content (AvgIpc) is 2.36. The Morgan fingerprint density at radius 3 is 2.94 bits per heavy atom. The van der Waals surface area contributed by atoms with E-state index in [0.29, 0.717) is 23.0 Å². The summed E-state index contributed by atoms with van der Waals surface area (Å²) in [4.78, 5) is 15.8. The molecule has 0 saturated carbocycles. The van der Waals surface area contributed by atoms with Crippen LogP contribution in [0.2, 0.25) is 5.02 Å². The lowest BCUT2D eigenvalue weighted by atomic mass is 10.2. The Morgan fingerprint density at radius 2 is 2.39 bits per heavy atom. The Kier molecular flexibility index (Phi) is 5.84. The van der Waals surface area contributed by atoms with Gasteiger partial charge in [0.25, 0.3) is 5.91 Å². The third-order valence-electron chi connectivity index (χ3n) is 2.37. The van der Waals surface area contributed by atoms with Crippen LogP contribution in [0.3, 0.4) is 0 Å². The molecule has 1 aromatic heterocycles. The number of aromatic nitrogens is 1. The molecule has 0 aliphatic carbocycles. The third-order valence-corrected chi connectivity index (χ3v) is 2.66. The predicted octanol–water partition coefficient (Wildman–Crippen LogP) is 1.18. The van der Waals surface area contributed by atoms with Gasteiger partial charge in [-0.2, -0.15) is 0 Å². The van der Waals surface area contributed by atoms with Crippen molar-refractivity contribution in [3.05, 3.63) is 22.8 Å². The minimum atomic E-state index is -0.225. The second kappa shape index (κ2) is 7.15. The first-order valence-corrected chi connectivity index (χ1v) is 5.88. The van der Waals surface area contributed by atoms with Gasteiger partial charge in [0.05, 0.1) is 10.6 Å². The van der Waals surface area contributed by atoms with Crippen LogP contribution in [0, 0.1) is 0 Å². The summed E-state index contributed by atoms with van der Waals surface area (Å²) in [6, 6.07) is 1.53. The highest BCUT2D eigenvalue weighted by Crippen LogP contribution is 2.18. The number of hydrogen-bond acceptors (Lipinski definition) is 5. The van der Waals surface area contributed by atoms with Crippen molar-refractivity contribution in [1.29, 1.82) is 0 Å².